The molecule has 2 atom stereocenters. The Morgan fingerprint density at radius 2 is 1.39 bits per heavy atom. The number of sulfonamides is 2. The van der Waals surface area contributed by atoms with Gasteiger partial charge in [-0.15, -0.1) is 0 Å². The zero-order valence-electron chi connectivity index (χ0n) is 18.8. The summed E-state index contributed by atoms with van der Waals surface area (Å²) in [5, 5.41) is 0. The number of hydrogen-bond donors (Lipinski definition) is 1. The highest BCUT2D eigenvalue weighted by molar-refractivity contribution is 7.89. The molecule has 0 bridgehead atoms. The van der Waals surface area contributed by atoms with E-state index in [1.54, 1.807) is 0 Å². The molecule has 2 aromatic carbocycles. The van der Waals surface area contributed by atoms with Crippen LogP contribution < -0.4 is 4.72 Å². The van der Waals surface area contributed by atoms with Gasteiger partial charge < -0.3 is 4.74 Å². The van der Waals surface area contributed by atoms with E-state index in [9.17, 15) is 16.8 Å². The van der Waals surface area contributed by atoms with Crippen LogP contribution in [0.25, 0.3) is 0 Å². The van der Waals surface area contributed by atoms with Gasteiger partial charge in [0.05, 0.1) is 29.0 Å². The Balaban J connectivity index is 1.54. The van der Waals surface area contributed by atoms with E-state index < -0.39 is 26.1 Å². The third kappa shape index (κ3) is 5.47. The Morgan fingerprint density at radius 1 is 0.818 bits per heavy atom. The van der Waals surface area contributed by atoms with Crippen molar-refractivity contribution >= 4 is 20.0 Å². The van der Waals surface area contributed by atoms with E-state index >= 15 is 0 Å². The van der Waals surface area contributed by atoms with Crippen LogP contribution in [-0.2, 0) is 24.8 Å². The van der Waals surface area contributed by atoms with Gasteiger partial charge in [-0.3, -0.25) is 4.90 Å². The molecule has 0 aromatic heterocycles. The third-order valence-electron chi connectivity index (χ3n) is 6.23. The maximum atomic E-state index is 13.2. The minimum atomic E-state index is -3.85. The summed E-state index contributed by atoms with van der Waals surface area (Å²) in [7, 11) is -7.44. The standard InChI is InChI=1S/C23H31N3O5S2/c1-19(23(20-7-3-2-4-8-20)25-15-17-31-18-16-25)24-32(27,28)21-9-11-22(12-10-21)33(29,30)26-13-5-6-14-26/h2-4,7-12,19,23-24H,5-6,13-18H2,1H3/t19-,23+/m1/s1. The SMILES string of the molecule is C[C@@H](NS(=O)(=O)c1ccc(S(=O)(=O)N2CCCC2)cc1)[C@@H](c1ccccc1)N1CCOCC1. The average molecular weight is 494 g/mol. The van der Waals surface area contributed by atoms with Crippen LogP contribution in [0.2, 0.25) is 0 Å². The fraction of sp³-hybridized carbons (Fsp3) is 0.478. The van der Waals surface area contributed by atoms with Crippen LogP contribution in [0.3, 0.4) is 0 Å². The first-order valence-corrected chi connectivity index (χ1v) is 14.2. The predicted molar refractivity (Wildman–Crippen MR) is 126 cm³/mol. The van der Waals surface area contributed by atoms with Gasteiger partial charge in [0.25, 0.3) is 0 Å². The quantitative estimate of drug-likeness (QED) is 0.606. The van der Waals surface area contributed by atoms with Crippen LogP contribution in [0.5, 0.6) is 0 Å². The van der Waals surface area contributed by atoms with Gasteiger partial charge >= 0.3 is 0 Å². The fourth-order valence-corrected chi connectivity index (χ4v) is 7.33. The van der Waals surface area contributed by atoms with Crippen molar-refractivity contribution in [3.05, 3.63) is 60.2 Å². The Bertz CT molecular complexity index is 1130. The number of rotatable bonds is 8. The molecule has 0 aliphatic carbocycles. The largest absolute Gasteiger partial charge is 0.379 e. The van der Waals surface area contributed by atoms with Crippen molar-refractivity contribution < 1.29 is 21.6 Å². The molecule has 0 unspecified atom stereocenters. The van der Waals surface area contributed by atoms with Crippen LogP contribution in [0, 0.1) is 0 Å². The number of benzene rings is 2. The number of hydrogen-bond acceptors (Lipinski definition) is 6. The van der Waals surface area contributed by atoms with E-state index in [0.717, 1.165) is 18.4 Å². The molecule has 0 amide bonds. The third-order valence-corrected chi connectivity index (χ3v) is 9.72. The molecule has 1 N–H and O–H groups in total. The molecule has 2 heterocycles. The summed E-state index contributed by atoms with van der Waals surface area (Å²) in [6.45, 7) is 5.51. The molecule has 2 aliphatic rings. The summed E-state index contributed by atoms with van der Waals surface area (Å²) in [5.74, 6) is 0. The van der Waals surface area contributed by atoms with Crippen LogP contribution in [0.4, 0.5) is 0 Å². The molecule has 8 nitrogen and oxygen atoms in total. The Hall–Kier alpha value is -1.82. The predicted octanol–water partition coefficient (Wildman–Crippen LogP) is 2.21. The Kier molecular flexibility index (Phi) is 7.52. The molecule has 2 fully saturated rings. The summed E-state index contributed by atoms with van der Waals surface area (Å²) in [5.41, 5.74) is 1.03. The fourth-order valence-electron chi connectivity index (χ4n) is 4.57. The first kappa shape index (κ1) is 24.3. The Morgan fingerprint density at radius 3 is 2.00 bits per heavy atom. The second-order valence-corrected chi connectivity index (χ2v) is 12.1. The van der Waals surface area contributed by atoms with Crippen molar-refractivity contribution in [3.63, 3.8) is 0 Å². The van der Waals surface area contributed by atoms with Crippen molar-refractivity contribution in [2.24, 2.45) is 0 Å². The lowest BCUT2D eigenvalue weighted by molar-refractivity contribution is 0.0105. The molecular formula is C23H31N3O5S2. The smallest absolute Gasteiger partial charge is 0.243 e. The average Bonchev–Trinajstić information content (AvgIpc) is 3.36. The first-order valence-electron chi connectivity index (χ1n) is 11.3. The normalized spacial score (nSPS) is 20.5. The second-order valence-electron chi connectivity index (χ2n) is 8.50. The molecular weight excluding hydrogens is 462 g/mol. The van der Waals surface area contributed by atoms with E-state index in [-0.39, 0.29) is 15.8 Å². The van der Waals surface area contributed by atoms with Gasteiger partial charge in [-0.1, -0.05) is 30.3 Å². The van der Waals surface area contributed by atoms with Gasteiger partial charge in [-0.25, -0.2) is 21.6 Å². The van der Waals surface area contributed by atoms with Gasteiger partial charge in [0.15, 0.2) is 0 Å². The minimum Gasteiger partial charge on any atom is -0.379 e. The lowest BCUT2D eigenvalue weighted by Crippen LogP contribution is -2.48. The van der Waals surface area contributed by atoms with Gasteiger partial charge in [0.1, 0.15) is 0 Å². The lowest BCUT2D eigenvalue weighted by Gasteiger charge is -2.38. The van der Waals surface area contributed by atoms with E-state index in [1.165, 1.54) is 28.6 Å². The van der Waals surface area contributed by atoms with E-state index in [2.05, 4.69) is 9.62 Å². The van der Waals surface area contributed by atoms with Crippen LogP contribution in [0.1, 0.15) is 31.4 Å². The molecule has 0 spiro atoms. The van der Waals surface area contributed by atoms with Crippen molar-refractivity contribution in [2.45, 2.75) is 41.6 Å². The maximum absolute atomic E-state index is 13.2. The van der Waals surface area contributed by atoms with Crippen LogP contribution in [0.15, 0.2) is 64.4 Å². The molecule has 0 radical (unpaired) electrons. The van der Waals surface area contributed by atoms with Crippen molar-refractivity contribution in [2.75, 3.05) is 39.4 Å². The van der Waals surface area contributed by atoms with E-state index in [1.807, 2.05) is 37.3 Å². The summed E-state index contributed by atoms with van der Waals surface area (Å²) < 4.78 is 61.5. The van der Waals surface area contributed by atoms with Crippen molar-refractivity contribution in [3.8, 4) is 0 Å². The summed E-state index contributed by atoms with van der Waals surface area (Å²) in [4.78, 5) is 2.40. The Labute approximate surface area is 196 Å². The van der Waals surface area contributed by atoms with E-state index in [4.69, 9.17) is 4.74 Å². The summed E-state index contributed by atoms with van der Waals surface area (Å²) in [6.07, 6.45) is 1.69. The zero-order valence-corrected chi connectivity index (χ0v) is 20.4. The molecule has 180 valence electrons. The van der Waals surface area contributed by atoms with Crippen molar-refractivity contribution in [1.82, 2.24) is 13.9 Å². The zero-order chi connectivity index (χ0) is 23.5. The molecule has 2 saturated heterocycles. The number of nitrogens with one attached hydrogen (secondary N) is 1. The topological polar surface area (TPSA) is 96.0 Å². The molecule has 10 heteroatoms. The highest BCUT2D eigenvalue weighted by Crippen LogP contribution is 2.27. The molecule has 4 rings (SSSR count). The van der Waals surface area contributed by atoms with Gasteiger partial charge in [-0.05, 0) is 49.6 Å². The number of morpholine rings is 1. The molecule has 2 aliphatic heterocycles. The number of nitrogens with zero attached hydrogens (tertiary/aromatic N) is 2. The summed E-state index contributed by atoms with van der Waals surface area (Å²) >= 11 is 0. The van der Waals surface area contributed by atoms with Gasteiger partial charge in [-0.2, -0.15) is 4.31 Å². The first-order chi connectivity index (χ1) is 15.8. The summed E-state index contributed by atoms with van der Waals surface area (Å²) in [6, 6.07) is 14.8. The highest BCUT2D eigenvalue weighted by atomic mass is 32.2. The monoisotopic (exact) mass is 493 g/mol. The van der Waals surface area contributed by atoms with Crippen molar-refractivity contribution in [1.29, 1.82) is 0 Å². The second kappa shape index (κ2) is 10.2. The number of ether oxygens (including phenoxy) is 1. The maximum Gasteiger partial charge on any atom is 0.243 e. The molecule has 33 heavy (non-hydrogen) atoms. The highest BCUT2D eigenvalue weighted by Gasteiger charge is 2.31. The van der Waals surface area contributed by atoms with Gasteiger partial charge in [0.2, 0.25) is 20.0 Å². The van der Waals surface area contributed by atoms with Crippen LogP contribution in [-0.4, -0.2) is 71.5 Å². The molecule has 0 saturated carbocycles. The lowest BCUT2D eigenvalue weighted by atomic mass is 9.99. The van der Waals surface area contributed by atoms with E-state index in [0.29, 0.717) is 39.4 Å². The van der Waals surface area contributed by atoms with Gasteiger partial charge in [0, 0.05) is 32.2 Å². The van der Waals surface area contributed by atoms with Crippen LogP contribution >= 0.6 is 0 Å². The minimum absolute atomic E-state index is 0.0449. The molecule has 2 aromatic rings.